The molecule has 0 atom stereocenters. The summed E-state index contributed by atoms with van der Waals surface area (Å²) in [6, 6.07) is 4.83. The molecule has 0 amide bonds. The lowest BCUT2D eigenvalue weighted by atomic mass is 10.1. The molecular formula is C17H14F3N3O2. The van der Waals surface area contributed by atoms with Crippen molar-refractivity contribution in [1.29, 1.82) is 0 Å². The van der Waals surface area contributed by atoms with Crippen LogP contribution in [0.4, 0.5) is 13.2 Å². The number of alkyl halides is 2. The number of ether oxygens (including phenoxy) is 1. The summed E-state index contributed by atoms with van der Waals surface area (Å²) in [6.45, 7) is 0.726. The topological polar surface area (TPSA) is 57.0 Å². The molecule has 25 heavy (non-hydrogen) atoms. The minimum absolute atomic E-state index is 0.00565. The second-order valence-electron chi connectivity index (χ2n) is 5.66. The molecule has 1 aromatic carbocycles. The van der Waals surface area contributed by atoms with E-state index in [1.807, 2.05) is 13.8 Å². The van der Waals surface area contributed by atoms with Gasteiger partial charge < -0.3 is 4.74 Å². The number of hydrogen-bond acceptors (Lipinski definition) is 4. The van der Waals surface area contributed by atoms with Gasteiger partial charge in [-0.05, 0) is 38.1 Å². The summed E-state index contributed by atoms with van der Waals surface area (Å²) in [5, 5.41) is 4.37. The Morgan fingerprint density at radius 3 is 2.64 bits per heavy atom. The third-order valence-corrected chi connectivity index (χ3v) is 3.61. The van der Waals surface area contributed by atoms with E-state index in [1.54, 1.807) is 10.7 Å². The molecule has 0 radical (unpaired) electrons. The predicted octanol–water partition coefficient (Wildman–Crippen LogP) is 4.23. The van der Waals surface area contributed by atoms with Crippen molar-refractivity contribution in [1.82, 2.24) is 14.8 Å². The molecule has 130 valence electrons. The van der Waals surface area contributed by atoms with Crippen LogP contribution in [0, 0.1) is 5.82 Å². The summed E-state index contributed by atoms with van der Waals surface area (Å²) in [7, 11) is 0. The molecule has 3 rings (SSSR count). The van der Waals surface area contributed by atoms with E-state index < -0.39 is 12.4 Å². The monoisotopic (exact) mass is 349 g/mol. The second-order valence-corrected chi connectivity index (χ2v) is 5.66. The van der Waals surface area contributed by atoms with Crippen LogP contribution in [-0.2, 0) is 0 Å². The Bertz CT molecular complexity index is 938. The SMILES string of the molecule is CC(C)n1nc(-c2cc(OC(F)F)ccc2F)c2ncc(C=O)cc21. The van der Waals surface area contributed by atoms with Crippen molar-refractivity contribution in [2.75, 3.05) is 0 Å². The highest BCUT2D eigenvalue weighted by atomic mass is 19.3. The highest BCUT2D eigenvalue weighted by Gasteiger charge is 2.20. The van der Waals surface area contributed by atoms with Gasteiger partial charge in [0.15, 0.2) is 6.29 Å². The van der Waals surface area contributed by atoms with Crippen LogP contribution < -0.4 is 4.74 Å². The Morgan fingerprint density at radius 2 is 2.00 bits per heavy atom. The Labute approximate surface area is 141 Å². The number of fused-ring (bicyclic) bond motifs is 1. The zero-order chi connectivity index (χ0) is 18.1. The summed E-state index contributed by atoms with van der Waals surface area (Å²) < 4.78 is 45.1. The fourth-order valence-electron chi connectivity index (χ4n) is 2.54. The van der Waals surface area contributed by atoms with Crippen molar-refractivity contribution in [2.24, 2.45) is 0 Å². The number of carbonyl (C=O) groups excluding carboxylic acids is 1. The third kappa shape index (κ3) is 3.19. The van der Waals surface area contributed by atoms with Crippen molar-refractivity contribution < 1.29 is 22.7 Å². The normalized spacial score (nSPS) is 11.5. The maximum atomic E-state index is 14.3. The highest BCUT2D eigenvalue weighted by molar-refractivity contribution is 5.93. The van der Waals surface area contributed by atoms with E-state index in [1.165, 1.54) is 6.20 Å². The standard InChI is InChI=1S/C17H14F3N3O2/c1-9(2)23-14-5-10(8-24)7-21-16(14)15(22-23)12-6-11(25-17(19)20)3-4-13(12)18/h3-9,17H,1-2H3. The van der Waals surface area contributed by atoms with Gasteiger partial charge in [0.05, 0.1) is 5.52 Å². The van der Waals surface area contributed by atoms with Gasteiger partial charge >= 0.3 is 6.61 Å². The molecule has 0 aliphatic carbocycles. The zero-order valence-electron chi connectivity index (χ0n) is 13.4. The first-order valence-electron chi connectivity index (χ1n) is 7.49. The predicted molar refractivity (Wildman–Crippen MR) is 85.3 cm³/mol. The largest absolute Gasteiger partial charge is 0.435 e. The molecule has 0 saturated heterocycles. The summed E-state index contributed by atoms with van der Waals surface area (Å²) in [6.07, 6.45) is 2.00. The van der Waals surface area contributed by atoms with Crippen molar-refractivity contribution in [3.63, 3.8) is 0 Å². The maximum absolute atomic E-state index is 14.3. The molecular weight excluding hydrogens is 335 g/mol. The lowest BCUT2D eigenvalue weighted by Gasteiger charge is -2.07. The van der Waals surface area contributed by atoms with E-state index >= 15 is 0 Å². The number of carbonyl (C=O) groups is 1. The van der Waals surface area contributed by atoms with Crippen LogP contribution in [0.3, 0.4) is 0 Å². The Balaban J connectivity index is 2.24. The van der Waals surface area contributed by atoms with Gasteiger partial charge in [-0.15, -0.1) is 0 Å². The number of hydrogen-bond donors (Lipinski definition) is 0. The van der Waals surface area contributed by atoms with Gasteiger partial charge in [-0.25, -0.2) is 4.39 Å². The number of halogens is 3. The molecule has 0 N–H and O–H groups in total. The van der Waals surface area contributed by atoms with Crippen LogP contribution in [0.25, 0.3) is 22.3 Å². The average Bonchev–Trinajstić information content (AvgIpc) is 2.95. The number of benzene rings is 1. The zero-order valence-corrected chi connectivity index (χ0v) is 13.4. The summed E-state index contributed by atoms with van der Waals surface area (Å²) in [5.41, 5.74) is 1.46. The quantitative estimate of drug-likeness (QED) is 0.647. The fourth-order valence-corrected chi connectivity index (χ4v) is 2.54. The first kappa shape index (κ1) is 16.9. The van der Waals surface area contributed by atoms with Gasteiger partial charge in [-0.3, -0.25) is 14.5 Å². The van der Waals surface area contributed by atoms with E-state index in [4.69, 9.17) is 0 Å². The number of aldehydes is 1. The van der Waals surface area contributed by atoms with E-state index in [2.05, 4.69) is 14.8 Å². The first-order chi connectivity index (χ1) is 11.9. The van der Waals surface area contributed by atoms with E-state index in [-0.39, 0.29) is 23.0 Å². The van der Waals surface area contributed by atoms with Crippen molar-refractivity contribution in [3.05, 3.63) is 41.8 Å². The van der Waals surface area contributed by atoms with Crippen LogP contribution in [-0.4, -0.2) is 27.7 Å². The fraction of sp³-hybridized carbons (Fsp3) is 0.235. The number of nitrogens with zero attached hydrogens (tertiary/aromatic N) is 3. The number of aromatic nitrogens is 3. The van der Waals surface area contributed by atoms with Crippen LogP contribution in [0.5, 0.6) is 5.75 Å². The van der Waals surface area contributed by atoms with E-state index in [0.29, 0.717) is 22.9 Å². The molecule has 3 aromatic rings. The summed E-state index contributed by atoms with van der Waals surface area (Å²) >= 11 is 0. The third-order valence-electron chi connectivity index (χ3n) is 3.61. The van der Waals surface area contributed by atoms with Crippen molar-refractivity contribution in [2.45, 2.75) is 26.5 Å². The Morgan fingerprint density at radius 1 is 1.24 bits per heavy atom. The molecule has 0 spiro atoms. The lowest BCUT2D eigenvalue weighted by molar-refractivity contribution is -0.0498. The van der Waals surface area contributed by atoms with E-state index in [0.717, 1.165) is 18.2 Å². The van der Waals surface area contributed by atoms with Crippen molar-refractivity contribution >= 4 is 17.3 Å². The Kier molecular flexibility index (Phi) is 4.43. The Hall–Kier alpha value is -2.90. The highest BCUT2D eigenvalue weighted by Crippen LogP contribution is 2.33. The van der Waals surface area contributed by atoms with Crippen LogP contribution in [0.2, 0.25) is 0 Å². The number of rotatable bonds is 5. The van der Waals surface area contributed by atoms with Gasteiger partial charge in [0.25, 0.3) is 0 Å². The molecule has 8 heteroatoms. The molecule has 5 nitrogen and oxygen atoms in total. The van der Waals surface area contributed by atoms with Gasteiger partial charge in [-0.2, -0.15) is 13.9 Å². The van der Waals surface area contributed by atoms with Gasteiger partial charge in [-0.1, -0.05) is 0 Å². The van der Waals surface area contributed by atoms with Gasteiger partial charge in [0, 0.05) is 23.4 Å². The van der Waals surface area contributed by atoms with Crippen molar-refractivity contribution in [3.8, 4) is 17.0 Å². The van der Waals surface area contributed by atoms with Crippen LogP contribution in [0.1, 0.15) is 30.2 Å². The van der Waals surface area contributed by atoms with Gasteiger partial charge in [0.1, 0.15) is 22.8 Å². The maximum Gasteiger partial charge on any atom is 0.387 e. The molecule has 0 unspecified atom stereocenters. The number of pyridine rings is 1. The van der Waals surface area contributed by atoms with Crippen LogP contribution >= 0.6 is 0 Å². The summed E-state index contributed by atoms with van der Waals surface area (Å²) in [5.74, 6) is -0.818. The second kappa shape index (κ2) is 6.54. The lowest BCUT2D eigenvalue weighted by Crippen LogP contribution is -2.03. The molecule has 2 heterocycles. The smallest absolute Gasteiger partial charge is 0.387 e. The average molecular weight is 349 g/mol. The molecule has 2 aromatic heterocycles. The minimum Gasteiger partial charge on any atom is -0.435 e. The van der Waals surface area contributed by atoms with Crippen LogP contribution in [0.15, 0.2) is 30.5 Å². The minimum atomic E-state index is -3.02. The molecule has 0 aliphatic heterocycles. The molecule has 0 saturated carbocycles. The summed E-state index contributed by atoms with van der Waals surface area (Å²) in [4.78, 5) is 15.2. The molecule has 0 bridgehead atoms. The molecule has 0 aliphatic rings. The molecule has 0 fully saturated rings. The van der Waals surface area contributed by atoms with Gasteiger partial charge in [0.2, 0.25) is 0 Å². The first-order valence-corrected chi connectivity index (χ1v) is 7.49. The van der Waals surface area contributed by atoms with E-state index in [9.17, 15) is 18.0 Å².